The fraction of sp³-hybridized carbons (Fsp3) is 0.818. The Morgan fingerprint density at radius 2 is 2.33 bits per heavy atom. The van der Waals surface area contributed by atoms with Crippen molar-refractivity contribution < 1.29 is 4.79 Å². The van der Waals surface area contributed by atoms with E-state index < -0.39 is 0 Å². The zero-order valence-electron chi connectivity index (χ0n) is 7.94. The molecule has 0 heterocycles. The highest BCUT2D eigenvalue weighted by Gasteiger charge is 2.18. The minimum absolute atomic E-state index is 0.580. The molecule has 1 saturated carbocycles. The fourth-order valence-corrected chi connectivity index (χ4v) is 1.99. The molecule has 1 nitrogen and oxygen atoms in total. The van der Waals surface area contributed by atoms with Crippen molar-refractivity contribution in [1.29, 1.82) is 0 Å². The Kier molecular flexibility index (Phi) is 4.10. The summed E-state index contributed by atoms with van der Waals surface area (Å²) >= 11 is 0. The molecule has 1 fully saturated rings. The Morgan fingerprint density at radius 3 is 3.00 bits per heavy atom. The molecular formula is C11H18O. The van der Waals surface area contributed by atoms with Gasteiger partial charge in [-0.3, -0.25) is 0 Å². The second-order valence-electron chi connectivity index (χ2n) is 3.71. The van der Waals surface area contributed by atoms with Crippen LogP contribution < -0.4 is 0 Å². The third-order valence-electron chi connectivity index (χ3n) is 2.78. The highest BCUT2D eigenvalue weighted by atomic mass is 16.1. The Morgan fingerprint density at radius 1 is 1.50 bits per heavy atom. The molecule has 1 aliphatic carbocycles. The average molecular weight is 166 g/mol. The van der Waals surface area contributed by atoms with Gasteiger partial charge in [0.2, 0.25) is 0 Å². The molecule has 68 valence electrons. The lowest BCUT2D eigenvalue weighted by Gasteiger charge is -2.22. The fourth-order valence-electron chi connectivity index (χ4n) is 1.99. The van der Waals surface area contributed by atoms with E-state index in [4.69, 9.17) is 0 Å². The molecule has 0 aliphatic heterocycles. The van der Waals surface area contributed by atoms with E-state index in [0.29, 0.717) is 5.92 Å². The number of rotatable bonds is 3. The molecule has 1 rings (SSSR count). The molecule has 0 radical (unpaired) electrons. The van der Waals surface area contributed by atoms with Crippen LogP contribution in [-0.4, -0.2) is 5.94 Å². The first kappa shape index (κ1) is 9.54. The molecule has 0 spiro atoms. The van der Waals surface area contributed by atoms with Crippen LogP contribution in [0.2, 0.25) is 0 Å². The predicted octanol–water partition coefficient (Wildman–Crippen LogP) is 3.12. The van der Waals surface area contributed by atoms with Gasteiger partial charge in [-0.25, -0.2) is 4.79 Å². The van der Waals surface area contributed by atoms with Gasteiger partial charge in [-0.2, -0.15) is 0 Å². The van der Waals surface area contributed by atoms with E-state index in [1.165, 1.54) is 38.5 Å². The van der Waals surface area contributed by atoms with Crippen molar-refractivity contribution in [3.63, 3.8) is 0 Å². The molecule has 1 heteroatoms. The zero-order valence-corrected chi connectivity index (χ0v) is 7.94. The van der Waals surface area contributed by atoms with Gasteiger partial charge >= 0.3 is 0 Å². The van der Waals surface area contributed by atoms with Crippen LogP contribution in [0.15, 0.2) is 5.57 Å². The van der Waals surface area contributed by atoms with Gasteiger partial charge in [0.25, 0.3) is 0 Å². The Bertz CT molecular complexity index is 177. The van der Waals surface area contributed by atoms with E-state index in [0.717, 1.165) is 12.0 Å². The highest BCUT2D eigenvalue weighted by molar-refractivity contribution is 5.53. The van der Waals surface area contributed by atoms with Crippen LogP contribution in [0.5, 0.6) is 0 Å². The first-order chi connectivity index (χ1) is 5.88. The van der Waals surface area contributed by atoms with Crippen LogP contribution >= 0.6 is 0 Å². The maximum atomic E-state index is 10.6. The molecule has 0 amide bonds. The normalized spacial score (nSPS) is 23.8. The molecule has 1 atom stereocenters. The van der Waals surface area contributed by atoms with Crippen LogP contribution in [-0.2, 0) is 4.79 Å². The second-order valence-corrected chi connectivity index (χ2v) is 3.71. The summed E-state index contributed by atoms with van der Waals surface area (Å²) in [4.78, 5) is 10.6. The van der Waals surface area contributed by atoms with Gasteiger partial charge in [0.05, 0.1) is 0 Å². The van der Waals surface area contributed by atoms with Crippen molar-refractivity contribution in [2.45, 2.75) is 51.9 Å². The molecular weight excluding hydrogens is 148 g/mol. The summed E-state index contributed by atoms with van der Waals surface area (Å²) in [6.07, 6.45) is 8.45. The van der Waals surface area contributed by atoms with Crippen molar-refractivity contribution in [2.24, 2.45) is 5.92 Å². The summed E-state index contributed by atoms with van der Waals surface area (Å²) < 4.78 is 0. The number of hydrogen-bond acceptors (Lipinski definition) is 1. The quantitative estimate of drug-likeness (QED) is 0.589. The molecule has 0 saturated heterocycles. The minimum Gasteiger partial charge on any atom is -0.234 e. The van der Waals surface area contributed by atoms with Crippen molar-refractivity contribution in [3.05, 3.63) is 5.57 Å². The summed E-state index contributed by atoms with van der Waals surface area (Å²) in [6, 6.07) is 0. The third-order valence-corrected chi connectivity index (χ3v) is 2.78. The molecule has 0 aromatic rings. The Hall–Kier alpha value is -0.550. The maximum Gasteiger partial charge on any atom is 0.123 e. The molecule has 0 N–H and O–H groups in total. The summed E-state index contributed by atoms with van der Waals surface area (Å²) in [5.41, 5.74) is 1.06. The van der Waals surface area contributed by atoms with Gasteiger partial charge in [-0.15, -0.1) is 0 Å². The zero-order chi connectivity index (χ0) is 8.81. The van der Waals surface area contributed by atoms with Crippen LogP contribution in [0.1, 0.15) is 51.9 Å². The van der Waals surface area contributed by atoms with Gasteiger partial charge in [-0.05, 0) is 31.6 Å². The monoisotopic (exact) mass is 166 g/mol. The average Bonchev–Trinajstić information content (AvgIpc) is 2.15. The van der Waals surface area contributed by atoms with Gasteiger partial charge in [0.1, 0.15) is 5.94 Å². The predicted molar refractivity (Wildman–Crippen MR) is 50.7 cm³/mol. The van der Waals surface area contributed by atoms with Gasteiger partial charge < -0.3 is 0 Å². The molecule has 0 aromatic heterocycles. The van der Waals surface area contributed by atoms with Crippen LogP contribution in [0, 0.1) is 5.92 Å². The van der Waals surface area contributed by atoms with Crippen LogP contribution in [0.25, 0.3) is 0 Å². The third kappa shape index (κ3) is 2.49. The maximum absolute atomic E-state index is 10.6. The molecule has 0 aromatic carbocycles. The second kappa shape index (κ2) is 5.16. The van der Waals surface area contributed by atoms with E-state index in [-0.39, 0.29) is 0 Å². The Balaban J connectivity index is 2.42. The van der Waals surface area contributed by atoms with Crippen LogP contribution in [0.4, 0.5) is 0 Å². The number of hydrogen-bond donors (Lipinski definition) is 0. The van der Waals surface area contributed by atoms with Gasteiger partial charge in [0.15, 0.2) is 0 Å². The SMILES string of the molecule is CCCCC1CCCCC1=C=O. The van der Waals surface area contributed by atoms with Gasteiger partial charge in [-0.1, -0.05) is 26.2 Å². The molecule has 0 bridgehead atoms. The first-order valence-electron chi connectivity index (χ1n) is 5.12. The standard InChI is InChI=1S/C11H18O/c1-2-3-6-10-7-4-5-8-11(10)9-12/h10H,2-8H2,1H3. The molecule has 12 heavy (non-hydrogen) atoms. The van der Waals surface area contributed by atoms with Gasteiger partial charge in [0, 0.05) is 5.57 Å². The molecule has 1 unspecified atom stereocenters. The van der Waals surface area contributed by atoms with Crippen molar-refractivity contribution in [2.75, 3.05) is 0 Å². The topological polar surface area (TPSA) is 17.1 Å². The van der Waals surface area contributed by atoms with E-state index >= 15 is 0 Å². The highest BCUT2D eigenvalue weighted by Crippen LogP contribution is 2.30. The van der Waals surface area contributed by atoms with Crippen molar-refractivity contribution in [1.82, 2.24) is 0 Å². The van der Waals surface area contributed by atoms with E-state index in [2.05, 4.69) is 12.9 Å². The lowest BCUT2D eigenvalue weighted by atomic mass is 9.82. The Labute approximate surface area is 74.9 Å². The number of carbonyl (C=O) groups excluding carboxylic acids is 1. The summed E-state index contributed by atoms with van der Waals surface area (Å²) in [6.45, 7) is 2.20. The van der Waals surface area contributed by atoms with Crippen LogP contribution in [0.3, 0.4) is 0 Å². The van der Waals surface area contributed by atoms with E-state index in [1.807, 2.05) is 0 Å². The lowest BCUT2D eigenvalue weighted by molar-refractivity contribution is 0.417. The largest absolute Gasteiger partial charge is 0.234 e. The van der Waals surface area contributed by atoms with Crippen molar-refractivity contribution >= 4 is 5.94 Å². The van der Waals surface area contributed by atoms with E-state index in [1.54, 1.807) is 0 Å². The minimum atomic E-state index is 0.580. The van der Waals surface area contributed by atoms with E-state index in [9.17, 15) is 4.79 Å². The molecule has 1 aliphatic rings. The number of unbranched alkanes of at least 4 members (excludes halogenated alkanes) is 1. The summed E-state index contributed by atoms with van der Waals surface area (Å²) in [5, 5.41) is 0. The smallest absolute Gasteiger partial charge is 0.123 e. The number of allylic oxidation sites excluding steroid dienone is 1. The lowest BCUT2D eigenvalue weighted by Crippen LogP contribution is -2.10. The summed E-state index contributed by atoms with van der Waals surface area (Å²) in [7, 11) is 0. The summed E-state index contributed by atoms with van der Waals surface area (Å²) in [5.74, 6) is 2.71. The first-order valence-corrected chi connectivity index (χ1v) is 5.12. The van der Waals surface area contributed by atoms with Crippen molar-refractivity contribution in [3.8, 4) is 0 Å².